The minimum atomic E-state index is 0.436. The topological polar surface area (TPSA) is 45.4 Å². The molecule has 1 aliphatic rings. The maximum absolute atomic E-state index is 8.63. The highest BCUT2D eigenvalue weighted by atomic mass is 16.6. The fraction of sp³-hybridized carbons (Fsp3) is 0.385. The van der Waals surface area contributed by atoms with Gasteiger partial charge in [-0.1, -0.05) is 23.7 Å². The van der Waals surface area contributed by atoms with E-state index in [1.807, 2.05) is 12.1 Å². The molecular formula is C13H13N2O. The molecular weight excluding hydrogens is 200 g/mol. The van der Waals surface area contributed by atoms with E-state index in [0.717, 1.165) is 5.56 Å². The summed E-state index contributed by atoms with van der Waals surface area (Å²) in [5, 5.41) is 12.4. The first-order chi connectivity index (χ1) is 7.88. The first-order valence-electron chi connectivity index (χ1n) is 5.45. The van der Waals surface area contributed by atoms with Crippen LogP contribution in [0.15, 0.2) is 29.4 Å². The van der Waals surface area contributed by atoms with E-state index in [9.17, 15) is 0 Å². The number of nitrogens with zero attached hydrogens (tertiary/aromatic N) is 2. The van der Waals surface area contributed by atoms with Crippen LogP contribution in [0.1, 0.15) is 30.4 Å². The van der Waals surface area contributed by atoms with Crippen molar-refractivity contribution in [3.63, 3.8) is 0 Å². The summed E-state index contributed by atoms with van der Waals surface area (Å²) in [6, 6.07) is 9.37. The van der Waals surface area contributed by atoms with Crippen LogP contribution in [0.2, 0.25) is 0 Å². The standard InChI is InChI=1S/C13H13N2O/c14-8-11-4-6-13(7-5-11)10-16-15-9-12-2-1-3-12/h4-7,12H,1-3,10H2. The zero-order chi connectivity index (χ0) is 11.2. The third-order valence-corrected chi connectivity index (χ3v) is 2.72. The molecule has 0 spiro atoms. The molecule has 0 bridgehead atoms. The molecule has 2 rings (SSSR count). The molecule has 81 valence electrons. The smallest absolute Gasteiger partial charge is 0.142 e. The van der Waals surface area contributed by atoms with Crippen molar-refractivity contribution in [2.24, 2.45) is 11.1 Å². The van der Waals surface area contributed by atoms with Crippen molar-refractivity contribution in [1.82, 2.24) is 0 Å². The van der Waals surface area contributed by atoms with Gasteiger partial charge in [0.2, 0.25) is 0 Å². The highest BCUT2D eigenvalue weighted by Crippen LogP contribution is 2.24. The zero-order valence-electron chi connectivity index (χ0n) is 9.02. The molecule has 0 amide bonds. The molecule has 1 radical (unpaired) electrons. The molecule has 3 nitrogen and oxygen atoms in total. The lowest BCUT2D eigenvalue weighted by atomic mass is 9.87. The molecule has 1 saturated carbocycles. The van der Waals surface area contributed by atoms with Gasteiger partial charge in [0, 0.05) is 5.92 Å². The van der Waals surface area contributed by atoms with E-state index in [-0.39, 0.29) is 0 Å². The summed E-state index contributed by atoms with van der Waals surface area (Å²) in [5.74, 6) is 0.501. The fourth-order valence-electron chi connectivity index (χ4n) is 1.43. The van der Waals surface area contributed by atoms with Gasteiger partial charge in [0.05, 0.1) is 11.6 Å². The molecule has 0 saturated heterocycles. The average Bonchev–Trinajstić information content (AvgIpc) is 2.27. The second-order valence-electron chi connectivity index (χ2n) is 3.93. The predicted molar refractivity (Wildman–Crippen MR) is 60.7 cm³/mol. The third-order valence-electron chi connectivity index (χ3n) is 2.72. The Hall–Kier alpha value is -1.82. The van der Waals surface area contributed by atoms with Gasteiger partial charge in [0.1, 0.15) is 12.8 Å². The minimum absolute atomic E-state index is 0.436. The summed E-state index contributed by atoms with van der Waals surface area (Å²) in [6.07, 6.45) is 6.61. The van der Waals surface area contributed by atoms with Gasteiger partial charge in [-0.25, -0.2) is 0 Å². The number of nitriles is 1. The molecule has 1 aliphatic carbocycles. The van der Waals surface area contributed by atoms with Gasteiger partial charge in [-0.05, 0) is 30.5 Å². The van der Waals surface area contributed by atoms with E-state index >= 15 is 0 Å². The monoisotopic (exact) mass is 213 g/mol. The van der Waals surface area contributed by atoms with Crippen molar-refractivity contribution in [3.05, 3.63) is 35.4 Å². The fourth-order valence-corrected chi connectivity index (χ4v) is 1.43. The molecule has 16 heavy (non-hydrogen) atoms. The Morgan fingerprint density at radius 3 is 2.62 bits per heavy atom. The summed E-state index contributed by atoms with van der Waals surface area (Å²) in [5.41, 5.74) is 1.67. The SMILES string of the molecule is N#Cc1ccc(CO/N=[C]\C2CCC2)cc1. The van der Waals surface area contributed by atoms with E-state index in [4.69, 9.17) is 10.1 Å². The van der Waals surface area contributed by atoms with Crippen molar-refractivity contribution >= 4 is 6.21 Å². The van der Waals surface area contributed by atoms with Crippen LogP contribution in [-0.2, 0) is 11.4 Å². The van der Waals surface area contributed by atoms with Crippen LogP contribution in [0.4, 0.5) is 0 Å². The van der Waals surface area contributed by atoms with Gasteiger partial charge in [0.15, 0.2) is 0 Å². The van der Waals surface area contributed by atoms with Crippen molar-refractivity contribution in [2.75, 3.05) is 0 Å². The number of rotatable bonds is 4. The van der Waals surface area contributed by atoms with Crippen LogP contribution < -0.4 is 0 Å². The number of benzene rings is 1. The summed E-state index contributed by atoms with van der Waals surface area (Å²) >= 11 is 0. The van der Waals surface area contributed by atoms with Gasteiger partial charge in [0.25, 0.3) is 0 Å². The van der Waals surface area contributed by atoms with Crippen molar-refractivity contribution in [3.8, 4) is 6.07 Å². The molecule has 1 aromatic carbocycles. The summed E-state index contributed by atoms with van der Waals surface area (Å²) in [7, 11) is 0. The van der Waals surface area contributed by atoms with E-state index in [2.05, 4.69) is 17.4 Å². The molecule has 0 N–H and O–H groups in total. The first-order valence-corrected chi connectivity index (χ1v) is 5.45. The molecule has 0 aromatic heterocycles. The molecule has 0 aliphatic heterocycles. The molecule has 1 fully saturated rings. The Bertz CT molecular complexity index is 399. The molecule has 0 unspecified atom stereocenters. The lowest BCUT2D eigenvalue weighted by molar-refractivity contribution is 0.129. The molecule has 1 aromatic rings. The third kappa shape index (κ3) is 2.83. The van der Waals surface area contributed by atoms with E-state index in [1.54, 1.807) is 12.1 Å². The number of hydrogen-bond acceptors (Lipinski definition) is 3. The Morgan fingerprint density at radius 1 is 1.31 bits per heavy atom. The minimum Gasteiger partial charge on any atom is -0.391 e. The van der Waals surface area contributed by atoms with Gasteiger partial charge in [-0.2, -0.15) is 5.26 Å². The molecule has 0 atom stereocenters. The Labute approximate surface area is 95.3 Å². The number of hydrogen-bond donors (Lipinski definition) is 0. The summed E-state index contributed by atoms with van der Waals surface area (Å²) in [6.45, 7) is 0.436. The zero-order valence-corrected chi connectivity index (χ0v) is 9.02. The molecule has 3 heteroatoms. The maximum Gasteiger partial charge on any atom is 0.142 e. The highest BCUT2D eigenvalue weighted by molar-refractivity contribution is 5.60. The maximum atomic E-state index is 8.63. The van der Waals surface area contributed by atoms with Gasteiger partial charge in [-0.3, -0.25) is 0 Å². The van der Waals surface area contributed by atoms with Crippen LogP contribution in [0.25, 0.3) is 0 Å². The van der Waals surface area contributed by atoms with Crippen LogP contribution in [0, 0.1) is 17.2 Å². The lowest BCUT2D eigenvalue weighted by Crippen LogP contribution is -2.11. The lowest BCUT2D eigenvalue weighted by Gasteiger charge is -2.18. The Balaban J connectivity index is 1.76. The summed E-state index contributed by atoms with van der Waals surface area (Å²) < 4.78 is 0. The van der Waals surface area contributed by atoms with Crippen LogP contribution in [0.3, 0.4) is 0 Å². The Morgan fingerprint density at radius 2 is 2.06 bits per heavy atom. The predicted octanol–water partition coefficient (Wildman–Crippen LogP) is 2.74. The van der Waals surface area contributed by atoms with E-state index in [1.165, 1.54) is 19.3 Å². The second-order valence-corrected chi connectivity index (χ2v) is 3.93. The second kappa shape index (κ2) is 5.32. The van der Waals surface area contributed by atoms with Crippen LogP contribution >= 0.6 is 0 Å². The summed E-state index contributed by atoms with van der Waals surface area (Å²) in [4.78, 5) is 5.13. The average molecular weight is 213 g/mol. The molecule has 0 heterocycles. The van der Waals surface area contributed by atoms with E-state index < -0.39 is 0 Å². The Kier molecular flexibility index (Phi) is 3.55. The van der Waals surface area contributed by atoms with Crippen molar-refractivity contribution in [2.45, 2.75) is 25.9 Å². The van der Waals surface area contributed by atoms with Crippen LogP contribution in [-0.4, -0.2) is 6.21 Å². The van der Waals surface area contributed by atoms with Gasteiger partial charge in [-0.15, -0.1) is 0 Å². The highest BCUT2D eigenvalue weighted by Gasteiger charge is 2.15. The largest absolute Gasteiger partial charge is 0.391 e. The van der Waals surface area contributed by atoms with E-state index in [0.29, 0.717) is 18.1 Å². The van der Waals surface area contributed by atoms with Crippen LogP contribution in [0.5, 0.6) is 0 Å². The van der Waals surface area contributed by atoms with Crippen molar-refractivity contribution < 1.29 is 4.84 Å². The normalized spacial score (nSPS) is 15.7. The van der Waals surface area contributed by atoms with Crippen molar-refractivity contribution in [1.29, 1.82) is 5.26 Å². The van der Waals surface area contributed by atoms with Gasteiger partial charge < -0.3 is 4.84 Å². The first kappa shape index (κ1) is 10.7. The van der Waals surface area contributed by atoms with Gasteiger partial charge >= 0.3 is 0 Å². The quantitative estimate of drug-likeness (QED) is 0.570.